The SMILES string of the molecule is CC(C)NCc1ccc(S(=O)(=O)NC2CC2C)o1. The molecule has 2 unspecified atom stereocenters. The summed E-state index contributed by atoms with van der Waals surface area (Å²) in [6, 6.07) is 3.60. The number of hydrogen-bond donors (Lipinski definition) is 2. The summed E-state index contributed by atoms with van der Waals surface area (Å²) in [5, 5.41) is 3.18. The molecule has 0 aliphatic heterocycles. The first-order valence-corrected chi connectivity index (χ1v) is 7.71. The molecule has 1 aliphatic rings. The van der Waals surface area contributed by atoms with Crippen LogP contribution in [0, 0.1) is 5.92 Å². The third-order valence-corrected chi connectivity index (χ3v) is 4.36. The minimum atomic E-state index is -3.49. The van der Waals surface area contributed by atoms with Crippen molar-refractivity contribution in [2.45, 2.75) is 50.9 Å². The van der Waals surface area contributed by atoms with Crippen LogP contribution in [0.4, 0.5) is 0 Å². The van der Waals surface area contributed by atoms with Gasteiger partial charge in [-0.3, -0.25) is 0 Å². The van der Waals surface area contributed by atoms with Crippen molar-refractivity contribution in [2.24, 2.45) is 5.92 Å². The Labute approximate surface area is 108 Å². The lowest BCUT2D eigenvalue weighted by molar-refractivity contribution is 0.393. The van der Waals surface area contributed by atoms with Gasteiger partial charge in [0.1, 0.15) is 5.76 Å². The maximum Gasteiger partial charge on any atom is 0.274 e. The standard InChI is InChI=1S/C12H20N2O3S/c1-8(2)13-7-10-4-5-12(17-10)18(15,16)14-11-6-9(11)3/h4-5,8-9,11,13-14H,6-7H2,1-3H3. The molecule has 102 valence electrons. The summed E-state index contributed by atoms with van der Waals surface area (Å²) < 4.78 is 31.9. The Balaban J connectivity index is 2.00. The van der Waals surface area contributed by atoms with Gasteiger partial charge in [-0.1, -0.05) is 20.8 Å². The molecular formula is C12H20N2O3S. The van der Waals surface area contributed by atoms with Crippen LogP contribution in [-0.4, -0.2) is 20.5 Å². The summed E-state index contributed by atoms with van der Waals surface area (Å²) in [5.74, 6) is 1.06. The Bertz CT molecular complexity index is 507. The number of nitrogens with one attached hydrogen (secondary N) is 2. The van der Waals surface area contributed by atoms with Crippen LogP contribution in [0.5, 0.6) is 0 Å². The lowest BCUT2D eigenvalue weighted by Gasteiger charge is -2.05. The minimum Gasteiger partial charge on any atom is -0.447 e. The van der Waals surface area contributed by atoms with Gasteiger partial charge in [0.05, 0.1) is 6.54 Å². The van der Waals surface area contributed by atoms with Crippen molar-refractivity contribution in [3.63, 3.8) is 0 Å². The fraction of sp³-hybridized carbons (Fsp3) is 0.667. The van der Waals surface area contributed by atoms with Crippen LogP contribution in [0.2, 0.25) is 0 Å². The first-order chi connectivity index (χ1) is 8.38. The van der Waals surface area contributed by atoms with E-state index in [-0.39, 0.29) is 11.1 Å². The zero-order chi connectivity index (χ0) is 13.3. The van der Waals surface area contributed by atoms with Crippen molar-refractivity contribution in [3.05, 3.63) is 17.9 Å². The van der Waals surface area contributed by atoms with E-state index in [9.17, 15) is 8.42 Å². The Morgan fingerprint density at radius 2 is 2.11 bits per heavy atom. The van der Waals surface area contributed by atoms with Gasteiger partial charge in [0, 0.05) is 12.1 Å². The van der Waals surface area contributed by atoms with Gasteiger partial charge < -0.3 is 9.73 Å². The average molecular weight is 272 g/mol. The van der Waals surface area contributed by atoms with Gasteiger partial charge in [-0.25, -0.2) is 13.1 Å². The van der Waals surface area contributed by atoms with Crippen molar-refractivity contribution in [1.29, 1.82) is 0 Å². The van der Waals surface area contributed by atoms with E-state index >= 15 is 0 Å². The fourth-order valence-electron chi connectivity index (χ4n) is 1.65. The maximum atomic E-state index is 12.0. The average Bonchev–Trinajstić information content (AvgIpc) is 2.81. The van der Waals surface area contributed by atoms with Crippen LogP contribution >= 0.6 is 0 Å². The molecule has 2 atom stereocenters. The highest BCUT2D eigenvalue weighted by atomic mass is 32.2. The zero-order valence-electron chi connectivity index (χ0n) is 10.9. The molecule has 1 aromatic rings. The summed E-state index contributed by atoms with van der Waals surface area (Å²) >= 11 is 0. The predicted molar refractivity (Wildman–Crippen MR) is 68.6 cm³/mol. The molecule has 6 heteroatoms. The molecule has 5 nitrogen and oxygen atoms in total. The van der Waals surface area contributed by atoms with Gasteiger partial charge in [-0.05, 0) is 24.5 Å². The quantitative estimate of drug-likeness (QED) is 0.822. The number of sulfonamides is 1. The van der Waals surface area contributed by atoms with Crippen LogP contribution < -0.4 is 10.0 Å². The highest BCUT2D eigenvalue weighted by Gasteiger charge is 2.37. The second kappa shape index (κ2) is 5.03. The van der Waals surface area contributed by atoms with E-state index in [1.54, 1.807) is 6.07 Å². The lowest BCUT2D eigenvalue weighted by atomic mass is 10.3. The van der Waals surface area contributed by atoms with Crippen molar-refractivity contribution >= 4 is 10.0 Å². The smallest absolute Gasteiger partial charge is 0.274 e. The molecule has 1 heterocycles. The summed E-state index contributed by atoms with van der Waals surface area (Å²) in [6.45, 7) is 6.60. The first kappa shape index (κ1) is 13.6. The summed E-state index contributed by atoms with van der Waals surface area (Å²) in [4.78, 5) is 0. The predicted octanol–water partition coefficient (Wildman–Crippen LogP) is 1.46. The molecule has 1 fully saturated rings. The van der Waals surface area contributed by atoms with Crippen molar-refractivity contribution < 1.29 is 12.8 Å². The van der Waals surface area contributed by atoms with Crippen molar-refractivity contribution in [1.82, 2.24) is 10.0 Å². The molecule has 2 rings (SSSR count). The zero-order valence-corrected chi connectivity index (χ0v) is 11.8. The maximum absolute atomic E-state index is 12.0. The normalized spacial score (nSPS) is 23.6. The molecule has 0 spiro atoms. The van der Waals surface area contributed by atoms with E-state index in [4.69, 9.17) is 4.42 Å². The van der Waals surface area contributed by atoms with Crippen molar-refractivity contribution in [2.75, 3.05) is 0 Å². The van der Waals surface area contributed by atoms with Crippen LogP contribution in [0.1, 0.15) is 33.0 Å². The monoisotopic (exact) mass is 272 g/mol. The van der Waals surface area contributed by atoms with E-state index in [2.05, 4.69) is 10.0 Å². The van der Waals surface area contributed by atoms with Crippen LogP contribution in [0.25, 0.3) is 0 Å². The van der Waals surface area contributed by atoms with Crippen molar-refractivity contribution in [3.8, 4) is 0 Å². The Morgan fingerprint density at radius 3 is 2.67 bits per heavy atom. The van der Waals surface area contributed by atoms with E-state index in [0.717, 1.165) is 6.42 Å². The third-order valence-electron chi connectivity index (χ3n) is 3.00. The Kier molecular flexibility index (Phi) is 3.79. The third kappa shape index (κ3) is 3.34. The molecule has 0 aromatic carbocycles. The Hall–Kier alpha value is -0.850. The molecule has 18 heavy (non-hydrogen) atoms. The van der Waals surface area contributed by atoms with Gasteiger partial charge in [-0.2, -0.15) is 0 Å². The number of hydrogen-bond acceptors (Lipinski definition) is 4. The largest absolute Gasteiger partial charge is 0.447 e. The summed E-state index contributed by atoms with van der Waals surface area (Å²) in [7, 11) is -3.49. The molecule has 2 N–H and O–H groups in total. The number of furan rings is 1. The van der Waals surface area contributed by atoms with Gasteiger partial charge >= 0.3 is 0 Å². The van der Waals surface area contributed by atoms with Crippen LogP contribution in [0.15, 0.2) is 21.6 Å². The van der Waals surface area contributed by atoms with Gasteiger partial charge in [-0.15, -0.1) is 0 Å². The van der Waals surface area contributed by atoms with E-state index in [1.165, 1.54) is 6.07 Å². The van der Waals surface area contributed by atoms with Gasteiger partial charge in [0.15, 0.2) is 0 Å². The molecule has 0 saturated heterocycles. The van der Waals surface area contributed by atoms with E-state index in [0.29, 0.717) is 24.3 Å². The minimum absolute atomic E-state index is 0.00200. The fourth-order valence-corrected chi connectivity index (χ4v) is 2.95. The molecule has 1 aliphatic carbocycles. The molecular weight excluding hydrogens is 252 g/mol. The highest BCUT2D eigenvalue weighted by molar-refractivity contribution is 7.89. The highest BCUT2D eigenvalue weighted by Crippen LogP contribution is 2.30. The van der Waals surface area contributed by atoms with E-state index in [1.807, 2.05) is 20.8 Å². The van der Waals surface area contributed by atoms with Gasteiger partial charge in [0.25, 0.3) is 10.0 Å². The molecule has 1 aromatic heterocycles. The Morgan fingerprint density at radius 1 is 1.44 bits per heavy atom. The van der Waals surface area contributed by atoms with Crippen LogP contribution in [0.3, 0.4) is 0 Å². The second-order valence-corrected chi connectivity index (χ2v) is 6.84. The number of rotatable bonds is 6. The molecule has 0 bridgehead atoms. The molecule has 0 radical (unpaired) electrons. The second-order valence-electron chi connectivity index (χ2n) is 5.20. The van der Waals surface area contributed by atoms with Crippen LogP contribution in [-0.2, 0) is 16.6 Å². The van der Waals surface area contributed by atoms with Gasteiger partial charge in [0.2, 0.25) is 5.09 Å². The summed E-state index contributed by atoms with van der Waals surface area (Å²) in [5.41, 5.74) is 0. The molecule has 0 amide bonds. The topological polar surface area (TPSA) is 71.3 Å². The summed E-state index contributed by atoms with van der Waals surface area (Å²) in [6.07, 6.45) is 0.904. The first-order valence-electron chi connectivity index (χ1n) is 6.23. The van der Waals surface area contributed by atoms with E-state index < -0.39 is 10.0 Å². The lowest BCUT2D eigenvalue weighted by Crippen LogP contribution is -2.26. The molecule has 1 saturated carbocycles.